The van der Waals surface area contributed by atoms with Crippen molar-refractivity contribution < 1.29 is 9.47 Å². The lowest BCUT2D eigenvalue weighted by Gasteiger charge is -2.11. The highest BCUT2D eigenvalue weighted by atomic mass is 16.6. The number of para-hydroxylation sites is 3. The zero-order valence-corrected chi connectivity index (χ0v) is 10.9. The topological polar surface area (TPSA) is 36.3 Å². The van der Waals surface area contributed by atoms with E-state index in [1.54, 1.807) is 0 Å². The Kier molecular flexibility index (Phi) is 2.59. The average Bonchev–Trinajstić information content (AvgIpc) is 3.03. The molecule has 4 nitrogen and oxygen atoms in total. The first-order chi connectivity index (χ1) is 9.90. The van der Waals surface area contributed by atoms with Crippen LogP contribution in [0.1, 0.15) is 0 Å². The summed E-state index contributed by atoms with van der Waals surface area (Å²) in [4.78, 5) is 4.48. The minimum atomic E-state index is 0.0160. The molecule has 4 heteroatoms. The fraction of sp³-hybridized carbons (Fsp3) is 0.188. The molecule has 4 rings (SSSR count). The summed E-state index contributed by atoms with van der Waals surface area (Å²) in [7, 11) is 0. The zero-order chi connectivity index (χ0) is 13.4. The summed E-state index contributed by atoms with van der Waals surface area (Å²) in [6, 6.07) is 18.5. The van der Waals surface area contributed by atoms with E-state index in [1.165, 1.54) is 0 Å². The minimum absolute atomic E-state index is 0.0160. The Bertz CT molecular complexity index is 737. The van der Waals surface area contributed by atoms with Gasteiger partial charge < -0.3 is 9.47 Å². The SMILES string of the molecule is c1ccc(OCC2Cn3c(nc4ccccc43)O2)cc1. The van der Waals surface area contributed by atoms with Gasteiger partial charge in [-0.2, -0.15) is 4.98 Å². The molecule has 1 unspecified atom stereocenters. The van der Waals surface area contributed by atoms with Gasteiger partial charge >= 0.3 is 0 Å². The Labute approximate surface area is 116 Å². The standard InChI is InChI=1S/C16H14N2O2/c1-2-6-12(7-3-1)19-11-13-10-18-15-9-5-4-8-14(15)17-16(18)20-13/h1-9,13H,10-11H2. The zero-order valence-electron chi connectivity index (χ0n) is 10.9. The molecular formula is C16H14N2O2. The van der Waals surface area contributed by atoms with Crippen LogP contribution in [-0.4, -0.2) is 22.3 Å². The Morgan fingerprint density at radius 1 is 1.10 bits per heavy atom. The second-order valence-corrected chi connectivity index (χ2v) is 4.86. The predicted octanol–water partition coefficient (Wildman–Crippen LogP) is 2.88. The van der Waals surface area contributed by atoms with Gasteiger partial charge in [0.15, 0.2) is 6.10 Å². The van der Waals surface area contributed by atoms with Crippen molar-refractivity contribution in [1.29, 1.82) is 0 Å². The lowest BCUT2D eigenvalue weighted by molar-refractivity contribution is 0.144. The fourth-order valence-corrected chi connectivity index (χ4v) is 2.50. The summed E-state index contributed by atoms with van der Waals surface area (Å²) >= 11 is 0. The molecule has 0 saturated heterocycles. The summed E-state index contributed by atoms with van der Waals surface area (Å²) in [5.74, 6) is 0.866. The predicted molar refractivity (Wildman–Crippen MR) is 76.1 cm³/mol. The molecule has 100 valence electrons. The van der Waals surface area contributed by atoms with Crippen LogP contribution in [0.2, 0.25) is 0 Å². The highest BCUT2D eigenvalue weighted by Gasteiger charge is 2.26. The van der Waals surface area contributed by atoms with E-state index in [0.717, 1.165) is 23.3 Å². The first-order valence-electron chi connectivity index (χ1n) is 6.70. The van der Waals surface area contributed by atoms with Gasteiger partial charge in [0, 0.05) is 0 Å². The van der Waals surface area contributed by atoms with Crippen molar-refractivity contribution in [1.82, 2.24) is 9.55 Å². The van der Waals surface area contributed by atoms with Crippen molar-refractivity contribution in [2.45, 2.75) is 12.6 Å². The number of hydrogen-bond donors (Lipinski definition) is 0. The monoisotopic (exact) mass is 266 g/mol. The van der Waals surface area contributed by atoms with E-state index in [2.05, 4.69) is 15.6 Å². The van der Waals surface area contributed by atoms with Crippen LogP contribution < -0.4 is 9.47 Å². The first kappa shape index (κ1) is 11.3. The maximum atomic E-state index is 5.84. The number of fused-ring (bicyclic) bond motifs is 3. The van der Waals surface area contributed by atoms with Crippen molar-refractivity contribution in [3.63, 3.8) is 0 Å². The molecular weight excluding hydrogens is 252 g/mol. The summed E-state index contributed by atoms with van der Waals surface area (Å²) < 4.78 is 13.7. The average molecular weight is 266 g/mol. The van der Waals surface area contributed by atoms with E-state index in [9.17, 15) is 0 Å². The molecule has 0 saturated carbocycles. The summed E-state index contributed by atoms with van der Waals surface area (Å²) in [5.41, 5.74) is 2.09. The molecule has 0 spiro atoms. The Morgan fingerprint density at radius 2 is 1.90 bits per heavy atom. The maximum Gasteiger partial charge on any atom is 0.297 e. The third-order valence-corrected chi connectivity index (χ3v) is 3.46. The van der Waals surface area contributed by atoms with Crippen molar-refractivity contribution >= 4 is 11.0 Å². The van der Waals surface area contributed by atoms with Gasteiger partial charge in [-0.05, 0) is 24.3 Å². The summed E-state index contributed by atoms with van der Waals surface area (Å²) in [6.07, 6.45) is 0.0160. The molecule has 3 aromatic rings. The molecule has 0 aliphatic carbocycles. The highest BCUT2D eigenvalue weighted by molar-refractivity contribution is 5.76. The van der Waals surface area contributed by atoms with E-state index in [1.807, 2.05) is 48.5 Å². The normalized spacial score (nSPS) is 16.9. The van der Waals surface area contributed by atoms with Crippen LogP contribution >= 0.6 is 0 Å². The Hall–Kier alpha value is -2.49. The lowest BCUT2D eigenvalue weighted by atomic mass is 10.3. The van der Waals surface area contributed by atoms with Crippen LogP contribution in [0.25, 0.3) is 11.0 Å². The molecule has 0 radical (unpaired) electrons. The molecule has 0 fully saturated rings. The Morgan fingerprint density at radius 3 is 2.80 bits per heavy atom. The van der Waals surface area contributed by atoms with Gasteiger partial charge in [0.05, 0.1) is 17.6 Å². The molecule has 1 aromatic heterocycles. The minimum Gasteiger partial charge on any atom is -0.490 e. The number of rotatable bonds is 3. The number of aromatic nitrogens is 2. The van der Waals surface area contributed by atoms with E-state index < -0.39 is 0 Å². The van der Waals surface area contributed by atoms with Crippen molar-refractivity contribution in [2.24, 2.45) is 0 Å². The number of ether oxygens (including phenoxy) is 2. The van der Waals surface area contributed by atoms with Gasteiger partial charge in [-0.25, -0.2) is 0 Å². The largest absolute Gasteiger partial charge is 0.490 e. The van der Waals surface area contributed by atoms with Crippen molar-refractivity contribution in [3.05, 3.63) is 54.6 Å². The van der Waals surface area contributed by atoms with Gasteiger partial charge in [-0.1, -0.05) is 30.3 Å². The van der Waals surface area contributed by atoms with E-state index in [4.69, 9.17) is 9.47 Å². The third-order valence-electron chi connectivity index (χ3n) is 3.46. The molecule has 0 amide bonds. The molecule has 1 aliphatic rings. The van der Waals surface area contributed by atoms with Gasteiger partial charge in [0.2, 0.25) is 0 Å². The maximum absolute atomic E-state index is 5.84. The fourth-order valence-electron chi connectivity index (χ4n) is 2.50. The smallest absolute Gasteiger partial charge is 0.297 e. The van der Waals surface area contributed by atoms with Gasteiger partial charge in [-0.3, -0.25) is 4.57 Å². The van der Waals surface area contributed by atoms with Crippen LogP contribution in [0.3, 0.4) is 0 Å². The van der Waals surface area contributed by atoms with E-state index >= 15 is 0 Å². The van der Waals surface area contributed by atoms with E-state index in [0.29, 0.717) is 12.6 Å². The molecule has 20 heavy (non-hydrogen) atoms. The lowest BCUT2D eigenvalue weighted by Crippen LogP contribution is -2.23. The van der Waals surface area contributed by atoms with Crippen LogP contribution in [0.4, 0.5) is 0 Å². The van der Waals surface area contributed by atoms with Gasteiger partial charge in [-0.15, -0.1) is 0 Å². The molecule has 2 heterocycles. The van der Waals surface area contributed by atoms with Gasteiger partial charge in [0.1, 0.15) is 12.4 Å². The van der Waals surface area contributed by atoms with Crippen molar-refractivity contribution in [3.8, 4) is 11.8 Å². The molecule has 2 aromatic carbocycles. The van der Waals surface area contributed by atoms with Crippen LogP contribution in [0.15, 0.2) is 54.6 Å². The Balaban J connectivity index is 1.48. The molecule has 0 N–H and O–H groups in total. The summed E-state index contributed by atoms with van der Waals surface area (Å²) in [5, 5.41) is 0. The van der Waals surface area contributed by atoms with E-state index in [-0.39, 0.29) is 6.10 Å². The summed E-state index contributed by atoms with van der Waals surface area (Å²) in [6.45, 7) is 1.31. The highest BCUT2D eigenvalue weighted by Crippen LogP contribution is 2.27. The van der Waals surface area contributed by atoms with Crippen LogP contribution in [-0.2, 0) is 6.54 Å². The number of nitrogens with zero attached hydrogens (tertiary/aromatic N) is 2. The number of hydrogen-bond acceptors (Lipinski definition) is 3. The first-order valence-corrected chi connectivity index (χ1v) is 6.70. The van der Waals surface area contributed by atoms with Crippen molar-refractivity contribution in [2.75, 3.05) is 6.61 Å². The van der Waals surface area contributed by atoms with Crippen LogP contribution in [0.5, 0.6) is 11.8 Å². The quantitative estimate of drug-likeness (QED) is 0.731. The molecule has 1 atom stereocenters. The third kappa shape index (κ3) is 1.90. The second-order valence-electron chi connectivity index (χ2n) is 4.86. The second kappa shape index (κ2) is 4.56. The van der Waals surface area contributed by atoms with Gasteiger partial charge in [0.25, 0.3) is 6.01 Å². The number of benzene rings is 2. The molecule has 0 bridgehead atoms. The molecule has 1 aliphatic heterocycles. The van der Waals surface area contributed by atoms with Crippen LogP contribution in [0, 0.1) is 0 Å². The number of imidazole rings is 1.